The van der Waals surface area contributed by atoms with Gasteiger partial charge in [-0.15, -0.1) is 0 Å². The first kappa shape index (κ1) is 11.6. The number of methoxy groups -OCH3 is 1. The summed E-state index contributed by atoms with van der Waals surface area (Å²) in [5.74, 6) is -0.604. The van der Waals surface area contributed by atoms with E-state index in [1.54, 1.807) is 25.3 Å². The van der Waals surface area contributed by atoms with Crippen LogP contribution in [0.3, 0.4) is 0 Å². The quantitative estimate of drug-likeness (QED) is 0.765. The van der Waals surface area contributed by atoms with Gasteiger partial charge in [0.25, 0.3) is 0 Å². The number of benzene rings is 2. The molecule has 0 radical (unpaired) electrons. The maximum atomic E-state index is 13.8. The fourth-order valence-electron chi connectivity index (χ4n) is 2.01. The summed E-state index contributed by atoms with van der Waals surface area (Å²) < 4.78 is 31.9. The average Bonchev–Trinajstić information content (AvgIpc) is 2.81. The van der Waals surface area contributed by atoms with Gasteiger partial charge < -0.3 is 4.74 Å². The monoisotopic (exact) mass is 260 g/mol. The van der Waals surface area contributed by atoms with E-state index in [4.69, 9.17) is 4.74 Å². The average molecular weight is 260 g/mol. The lowest BCUT2D eigenvalue weighted by Gasteiger charge is -2.02. The largest absolute Gasteiger partial charge is 0.497 e. The van der Waals surface area contributed by atoms with Crippen LogP contribution in [-0.4, -0.2) is 17.3 Å². The van der Waals surface area contributed by atoms with Crippen LogP contribution < -0.4 is 4.74 Å². The molecule has 3 aromatic rings. The van der Waals surface area contributed by atoms with Crippen LogP contribution in [0.1, 0.15) is 0 Å². The highest BCUT2D eigenvalue weighted by Gasteiger charge is 2.13. The minimum atomic E-state index is -0.642. The zero-order valence-corrected chi connectivity index (χ0v) is 10.1. The van der Waals surface area contributed by atoms with Gasteiger partial charge in [-0.3, -0.25) is 5.10 Å². The topological polar surface area (TPSA) is 37.9 Å². The van der Waals surface area contributed by atoms with Crippen LogP contribution >= 0.6 is 0 Å². The number of nitrogens with one attached hydrogen (secondary N) is 1. The first-order chi connectivity index (χ1) is 9.19. The molecule has 1 heterocycles. The lowest BCUT2D eigenvalue weighted by molar-refractivity contribution is 0.415. The minimum absolute atomic E-state index is 0.251. The predicted octanol–water partition coefficient (Wildman–Crippen LogP) is 3.52. The second kappa shape index (κ2) is 4.35. The molecule has 19 heavy (non-hydrogen) atoms. The second-order valence-electron chi connectivity index (χ2n) is 4.11. The maximum Gasteiger partial charge on any atom is 0.135 e. The van der Waals surface area contributed by atoms with Gasteiger partial charge in [0.1, 0.15) is 23.1 Å². The third-order valence-corrected chi connectivity index (χ3v) is 2.96. The van der Waals surface area contributed by atoms with Crippen LogP contribution in [-0.2, 0) is 0 Å². The Labute approximate surface area is 107 Å². The zero-order chi connectivity index (χ0) is 13.4. The van der Waals surface area contributed by atoms with Gasteiger partial charge in [0.2, 0.25) is 0 Å². The minimum Gasteiger partial charge on any atom is -0.497 e. The molecule has 0 bridgehead atoms. The number of rotatable bonds is 2. The molecule has 0 fully saturated rings. The third-order valence-electron chi connectivity index (χ3n) is 2.96. The summed E-state index contributed by atoms with van der Waals surface area (Å²) in [7, 11) is 1.55. The number of fused-ring (bicyclic) bond motifs is 1. The Kier molecular flexibility index (Phi) is 2.67. The summed E-state index contributed by atoms with van der Waals surface area (Å²) >= 11 is 0. The molecule has 0 aliphatic carbocycles. The van der Waals surface area contributed by atoms with Crippen LogP contribution in [0.4, 0.5) is 8.78 Å². The van der Waals surface area contributed by atoms with Gasteiger partial charge >= 0.3 is 0 Å². The normalized spacial score (nSPS) is 10.9. The number of aromatic amines is 1. The van der Waals surface area contributed by atoms with Gasteiger partial charge in [-0.2, -0.15) is 5.10 Å². The van der Waals surface area contributed by atoms with Crippen LogP contribution in [0.2, 0.25) is 0 Å². The van der Waals surface area contributed by atoms with Crippen LogP contribution in [0.5, 0.6) is 5.75 Å². The molecule has 0 spiro atoms. The molecule has 3 nitrogen and oxygen atoms in total. The Balaban J connectivity index is 2.24. The van der Waals surface area contributed by atoms with Crippen LogP contribution in [0.25, 0.3) is 22.2 Å². The van der Waals surface area contributed by atoms with Crippen molar-refractivity contribution in [3.05, 3.63) is 48.0 Å². The molecule has 0 saturated carbocycles. The Morgan fingerprint density at radius 1 is 1.11 bits per heavy atom. The first-order valence-corrected chi connectivity index (χ1v) is 5.66. The van der Waals surface area contributed by atoms with Gasteiger partial charge in [0.05, 0.1) is 12.6 Å². The molecule has 96 valence electrons. The number of hydrogen-bond acceptors (Lipinski definition) is 2. The molecule has 2 aromatic carbocycles. The highest BCUT2D eigenvalue weighted by molar-refractivity contribution is 5.93. The third kappa shape index (κ3) is 1.93. The molecule has 0 atom stereocenters. The van der Waals surface area contributed by atoms with E-state index < -0.39 is 11.6 Å². The first-order valence-electron chi connectivity index (χ1n) is 5.66. The molecule has 1 aromatic heterocycles. The fraction of sp³-hybridized carbons (Fsp3) is 0.0714. The summed E-state index contributed by atoms with van der Waals surface area (Å²) in [5.41, 5.74) is 1.45. The van der Waals surface area contributed by atoms with Gasteiger partial charge in [0, 0.05) is 17.0 Å². The molecule has 5 heteroatoms. The van der Waals surface area contributed by atoms with Crippen molar-refractivity contribution in [2.45, 2.75) is 0 Å². The summed E-state index contributed by atoms with van der Waals surface area (Å²) in [6.45, 7) is 0. The number of nitrogens with zero attached hydrogens (tertiary/aromatic N) is 1. The van der Waals surface area contributed by atoms with E-state index in [0.29, 0.717) is 11.4 Å². The molecule has 0 aliphatic heterocycles. The maximum absolute atomic E-state index is 13.8. The molecule has 0 unspecified atom stereocenters. The lowest BCUT2D eigenvalue weighted by Crippen LogP contribution is -1.87. The van der Waals surface area contributed by atoms with E-state index in [1.165, 1.54) is 12.1 Å². The Morgan fingerprint density at radius 2 is 1.95 bits per heavy atom. The number of aromatic nitrogens is 2. The van der Waals surface area contributed by atoms with E-state index in [2.05, 4.69) is 10.2 Å². The highest BCUT2D eigenvalue weighted by Crippen LogP contribution is 2.30. The molecule has 0 aliphatic rings. The standard InChI is InChI=1S/C14H10F2N2O/c1-19-9-3-5-13-11(7-9)14(18-17-13)10-4-2-8(15)6-12(10)16/h2-7H,1H3,(H,17,18). The summed E-state index contributed by atoms with van der Waals surface area (Å²) in [6.07, 6.45) is 0. The molecular weight excluding hydrogens is 250 g/mol. The Hall–Kier alpha value is -2.43. The second-order valence-corrected chi connectivity index (χ2v) is 4.11. The van der Waals surface area contributed by atoms with Gasteiger partial charge in [-0.1, -0.05) is 0 Å². The smallest absolute Gasteiger partial charge is 0.135 e. The predicted molar refractivity (Wildman–Crippen MR) is 68.0 cm³/mol. The molecule has 3 rings (SSSR count). The SMILES string of the molecule is COc1ccc2[nH]nc(-c3ccc(F)cc3F)c2c1. The van der Waals surface area contributed by atoms with E-state index in [-0.39, 0.29) is 5.56 Å². The molecule has 1 N–H and O–H groups in total. The number of hydrogen-bond donors (Lipinski definition) is 1. The number of H-pyrrole nitrogens is 1. The number of ether oxygens (including phenoxy) is 1. The van der Waals surface area contributed by atoms with Gasteiger partial charge in [-0.25, -0.2) is 8.78 Å². The Morgan fingerprint density at radius 3 is 2.68 bits per heavy atom. The van der Waals surface area contributed by atoms with Crippen molar-refractivity contribution >= 4 is 10.9 Å². The van der Waals surface area contributed by atoms with Crippen molar-refractivity contribution in [2.24, 2.45) is 0 Å². The highest BCUT2D eigenvalue weighted by atomic mass is 19.1. The summed E-state index contributed by atoms with van der Waals surface area (Å²) in [4.78, 5) is 0. The van der Waals surface area contributed by atoms with Crippen molar-refractivity contribution in [2.75, 3.05) is 7.11 Å². The molecular formula is C14H10F2N2O. The van der Waals surface area contributed by atoms with E-state index in [1.807, 2.05) is 0 Å². The zero-order valence-electron chi connectivity index (χ0n) is 10.1. The Bertz CT molecular complexity index is 752. The van der Waals surface area contributed by atoms with Gasteiger partial charge in [0.15, 0.2) is 0 Å². The molecule has 0 saturated heterocycles. The summed E-state index contributed by atoms with van der Waals surface area (Å²) in [5, 5.41) is 7.63. The van der Waals surface area contributed by atoms with E-state index >= 15 is 0 Å². The van der Waals surface area contributed by atoms with Crippen molar-refractivity contribution in [1.29, 1.82) is 0 Å². The lowest BCUT2D eigenvalue weighted by atomic mass is 10.1. The molecule has 0 amide bonds. The van der Waals surface area contributed by atoms with Crippen LogP contribution in [0.15, 0.2) is 36.4 Å². The van der Waals surface area contributed by atoms with Crippen LogP contribution in [0, 0.1) is 11.6 Å². The van der Waals surface area contributed by atoms with Crippen molar-refractivity contribution in [1.82, 2.24) is 10.2 Å². The van der Waals surface area contributed by atoms with E-state index in [0.717, 1.165) is 17.0 Å². The number of halogens is 2. The summed E-state index contributed by atoms with van der Waals surface area (Å²) in [6, 6.07) is 8.77. The van der Waals surface area contributed by atoms with Crippen molar-refractivity contribution in [3.63, 3.8) is 0 Å². The van der Waals surface area contributed by atoms with Crippen molar-refractivity contribution < 1.29 is 13.5 Å². The fourth-order valence-corrected chi connectivity index (χ4v) is 2.01. The van der Waals surface area contributed by atoms with E-state index in [9.17, 15) is 8.78 Å². The van der Waals surface area contributed by atoms with Crippen molar-refractivity contribution in [3.8, 4) is 17.0 Å². The van der Waals surface area contributed by atoms with Gasteiger partial charge in [-0.05, 0) is 30.3 Å².